The second-order valence-electron chi connectivity index (χ2n) is 4.29. The van der Waals surface area contributed by atoms with Crippen molar-refractivity contribution in [3.05, 3.63) is 29.8 Å². The molecule has 4 heteroatoms. The second-order valence-corrected chi connectivity index (χ2v) is 4.29. The molecule has 2 aromatic rings. The van der Waals surface area contributed by atoms with Gasteiger partial charge in [0.1, 0.15) is 0 Å². The van der Waals surface area contributed by atoms with E-state index in [1.54, 1.807) is 0 Å². The Labute approximate surface area is 88.1 Å². The largest absolute Gasteiger partial charge is 0.320 e. The van der Waals surface area contributed by atoms with Crippen LogP contribution in [0.3, 0.4) is 0 Å². The predicted molar refractivity (Wildman–Crippen MR) is 57.5 cm³/mol. The molecule has 0 aliphatic heterocycles. The number of hydrogen-bond donors (Lipinski definition) is 1. The van der Waals surface area contributed by atoms with Crippen LogP contribution in [0.4, 0.5) is 0 Å². The molecule has 3 rings (SSSR count). The lowest BCUT2D eigenvalue weighted by Gasteiger charge is -2.08. The molecule has 0 amide bonds. The third-order valence-corrected chi connectivity index (χ3v) is 3.13. The topological polar surface area (TPSA) is 56.2 Å². The Morgan fingerprint density at radius 2 is 2.13 bits per heavy atom. The van der Waals surface area contributed by atoms with Crippen molar-refractivity contribution in [1.29, 1.82) is 0 Å². The van der Waals surface area contributed by atoms with Crippen LogP contribution >= 0.6 is 0 Å². The fraction of sp³-hybridized carbons (Fsp3) is 0.455. The fourth-order valence-corrected chi connectivity index (χ4v) is 1.86. The van der Waals surface area contributed by atoms with Gasteiger partial charge < -0.3 is 5.73 Å². The highest BCUT2D eigenvalue weighted by Crippen LogP contribution is 2.42. The number of nitrogens with two attached hydrogens (primary N) is 1. The molecule has 15 heavy (non-hydrogen) atoms. The van der Waals surface area contributed by atoms with Crippen LogP contribution in [0, 0.1) is 0 Å². The normalized spacial score (nSPS) is 18.3. The van der Waals surface area contributed by atoms with Crippen molar-refractivity contribution in [2.75, 3.05) is 0 Å². The molecule has 0 aromatic carbocycles. The number of aromatic nitrogens is 3. The third kappa shape index (κ3) is 1.25. The van der Waals surface area contributed by atoms with E-state index in [0.29, 0.717) is 0 Å². The number of hydrogen-bond acceptors (Lipinski definition) is 3. The van der Waals surface area contributed by atoms with E-state index >= 15 is 0 Å². The van der Waals surface area contributed by atoms with Crippen LogP contribution in [0.1, 0.15) is 31.0 Å². The van der Waals surface area contributed by atoms with Gasteiger partial charge in [-0.25, -0.2) is 9.97 Å². The van der Waals surface area contributed by atoms with E-state index in [1.807, 2.05) is 16.8 Å². The maximum Gasteiger partial charge on any atom is 0.233 e. The highest BCUT2D eigenvalue weighted by atomic mass is 15.1. The van der Waals surface area contributed by atoms with Crippen molar-refractivity contribution in [1.82, 2.24) is 14.4 Å². The molecule has 0 unspecified atom stereocenters. The van der Waals surface area contributed by atoms with Crippen molar-refractivity contribution >= 4 is 5.78 Å². The average molecular weight is 202 g/mol. The lowest BCUT2D eigenvalue weighted by atomic mass is 10.2. The molecule has 2 N–H and O–H groups in total. The number of rotatable bonds is 2. The first-order valence-electron chi connectivity index (χ1n) is 5.34. The quantitative estimate of drug-likeness (QED) is 0.797. The number of imidazole rings is 1. The lowest BCUT2D eigenvalue weighted by molar-refractivity contribution is 0.696. The molecular formula is C11H14N4. The predicted octanol–water partition coefficient (Wildman–Crippen LogP) is 1.24. The van der Waals surface area contributed by atoms with Gasteiger partial charge in [0.25, 0.3) is 0 Å². The molecule has 1 saturated carbocycles. The molecular weight excluding hydrogens is 188 g/mol. The molecule has 78 valence electrons. The minimum absolute atomic E-state index is 0.145. The zero-order chi connectivity index (χ0) is 10.5. The van der Waals surface area contributed by atoms with E-state index < -0.39 is 0 Å². The molecule has 4 nitrogen and oxygen atoms in total. The van der Waals surface area contributed by atoms with Crippen LogP contribution in [0.25, 0.3) is 5.78 Å². The maximum absolute atomic E-state index is 6.18. The highest BCUT2D eigenvalue weighted by Gasteiger charge is 2.42. The highest BCUT2D eigenvalue weighted by molar-refractivity contribution is 5.37. The van der Waals surface area contributed by atoms with Gasteiger partial charge in [0.05, 0.1) is 17.4 Å². The van der Waals surface area contributed by atoms with E-state index in [9.17, 15) is 0 Å². The second kappa shape index (κ2) is 2.79. The Morgan fingerprint density at radius 1 is 1.40 bits per heavy atom. The lowest BCUT2D eigenvalue weighted by Crippen LogP contribution is -2.20. The molecule has 2 aromatic heterocycles. The van der Waals surface area contributed by atoms with Gasteiger partial charge in [-0.3, -0.25) is 4.40 Å². The average Bonchev–Trinajstić information content (AvgIpc) is 2.86. The summed E-state index contributed by atoms with van der Waals surface area (Å²) in [6, 6.07) is 0. The number of aryl methyl sites for hydroxylation is 1. The Hall–Kier alpha value is -1.42. The number of nitrogens with zero attached hydrogens (tertiary/aromatic N) is 3. The molecule has 1 fully saturated rings. The summed E-state index contributed by atoms with van der Waals surface area (Å²) in [6.45, 7) is 2.12. The molecule has 1 aliphatic carbocycles. The molecule has 0 spiro atoms. The van der Waals surface area contributed by atoms with Crippen molar-refractivity contribution in [2.45, 2.75) is 31.7 Å². The molecule has 0 saturated heterocycles. The summed E-state index contributed by atoms with van der Waals surface area (Å²) in [5.74, 6) is 0.749. The molecule has 0 bridgehead atoms. The molecule has 1 aliphatic rings. The standard InChI is InChI=1S/C11H14N4/c1-2-8-5-13-10-14-6-9(15(10)7-8)11(12)3-4-11/h5-7H,2-4,12H2,1H3. The van der Waals surface area contributed by atoms with Crippen LogP contribution in [0.5, 0.6) is 0 Å². The minimum Gasteiger partial charge on any atom is -0.320 e. The number of fused-ring (bicyclic) bond motifs is 1. The molecule has 0 radical (unpaired) electrons. The van der Waals surface area contributed by atoms with Crippen molar-refractivity contribution in [3.8, 4) is 0 Å². The Morgan fingerprint density at radius 3 is 2.80 bits per heavy atom. The van der Waals surface area contributed by atoms with E-state index in [-0.39, 0.29) is 5.54 Å². The summed E-state index contributed by atoms with van der Waals surface area (Å²) >= 11 is 0. The first kappa shape index (κ1) is 8.85. The van der Waals surface area contributed by atoms with Crippen LogP contribution < -0.4 is 5.73 Å². The van der Waals surface area contributed by atoms with Gasteiger partial charge in [0.2, 0.25) is 5.78 Å². The zero-order valence-corrected chi connectivity index (χ0v) is 8.77. The summed E-state index contributed by atoms with van der Waals surface area (Å²) < 4.78 is 2.03. The van der Waals surface area contributed by atoms with Gasteiger partial charge in [0, 0.05) is 12.4 Å². The van der Waals surface area contributed by atoms with Gasteiger partial charge in [-0.2, -0.15) is 0 Å². The van der Waals surface area contributed by atoms with Crippen molar-refractivity contribution < 1.29 is 0 Å². The van der Waals surface area contributed by atoms with Crippen LogP contribution in [0.15, 0.2) is 18.6 Å². The summed E-state index contributed by atoms with van der Waals surface area (Å²) in [5.41, 5.74) is 8.35. The fourth-order valence-electron chi connectivity index (χ4n) is 1.86. The van der Waals surface area contributed by atoms with E-state index in [2.05, 4.69) is 23.1 Å². The first-order chi connectivity index (χ1) is 7.23. The van der Waals surface area contributed by atoms with Crippen LogP contribution in [-0.4, -0.2) is 14.4 Å². The maximum atomic E-state index is 6.18. The van der Waals surface area contributed by atoms with Gasteiger partial charge in [-0.1, -0.05) is 6.92 Å². The van der Waals surface area contributed by atoms with Gasteiger partial charge >= 0.3 is 0 Å². The van der Waals surface area contributed by atoms with Crippen LogP contribution in [-0.2, 0) is 12.0 Å². The van der Waals surface area contributed by atoms with Gasteiger partial charge in [-0.15, -0.1) is 0 Å². The molecule has 0 atom stereocenters. The summed E-state index contributed by atoms with van der Waals surface area (Å²) in [6.07, 6.45) is 8.92. The van der Waals surface area contributed by atoms with Gasteiger partial charge in [0.15, 0.2) is 0 Å². The van der Waals surface area contributed by atoms with E-state index in [4.69, 9.17) is 5.73 Å². The van der Waals surface area contributed by atoms with Crippen molar-refractivity contribution in [2.24, 2.45) is 5.73 Å². The zero-order valence-electron chi connectivity index (χ0n) is 8.77. The Bertz CT molecular complexity index is 510. The first-order valence-corrected chi connectivity index (χ1v) is 5.34. The summed E-state index contributed by atoms with van der Waals surface area (Å²) in [5, 5.41) is 0. The molecule has 2 heterocycles. The summed E-state index contributed by atoms with van der Waals surface area (Å²) in [4.78, 5) is 8.58. The third-order valence-electron chi connectivity index (χ3n) is 3.13. The Kier molecular flexibility index (Phi) is 1.65. The smallest absolute Gasteiger partial charge is 0.233 e. The minimum atomic E-state index is -0.145. The van der Waals surface area contributed by atoms with E-state index in [1.165, 1.54) is 5.56 Å². The SMILES string of the molecule is CCc1cnc2ncc(C3(N)CC3)n2c1. The van der Waals surface area contributed by atoms with Gasteiger partial charge in [-0.05, 0) is 24.8 Å². The van der Waals surface area contributed by atoms with Crippen LogP contribution in [0.2, 0.25) is 0 Å². The Balaban J connectivity index is 2.22. The van der Waals surface area contributed by atoms with Crippen molar-refractivity contribution in [3.63, 3.8) is 0 Å². The monoisotopic (exact) mass is 202 g/mol. The summed E-state index contributed by atoms with van der Waals surface area (Å²) in [7, 11) is 0. The van der Waals surface area contributed by atoms with E-state index in [0.717, 1.165) is 30.7 Å².